The van der Waals surface area contributed by atoms with Crippen LogP contribution in [0.15, 0.2) is 59.2 Å². The lowest BCUT2D eigenvalue weighted by molar-refractivity contribution is -0.120. The van der Waals surface area contributed by atoms with Gasteiger partial charge in [0.2, 0.25) is 0 Å². The Labute approximate surface area is 178 Å². The molecule has 3 aromatic rings. The van der Waals surface area contributed by atoms with Gasteiger partial charge >= 0.3 is 0 Å². The van der Waals surface area contributed by atoms with Crippen molar-refractivity contribution in [1.29, 1.82) is 0 Å². The molecule has 2 fully saturated rings. The largest absolute Gasteiger partial charge is 0.299 e. The molecule has 2 aromatic carbocycles. The van der Waals surface area contributed by atoms with Gasteiger partial charge in [0.1, 0.15) is 11.6 Å². The first-order chi connectivity index (χ1) is 14.0. The van der Waals surface area contributed by atoms with Crippen molar-refractivity contribution < 1.29 is 9.18 Å². The molecule has 1 atom stereocenters. The Morgan fingerprint density at radius 3 is 2.62 bits per heavy atom. The molecule has 1 spiro atoms. The highest BCUT2D eigenvalue weighted by Gasteiger charge is 2.57. The van der Waals surface area contributed by atoms with Gasteiger partial charge in [-0.2, -0.15) is 0 Å². The molecule has 1 aromatic heterocycles. The zero-order chi connectivity index (χ0) is 20.0. The molecule has 0 aliphatic heterocycles. The zero-order valence-corrected chi connectivity index (χ0v) is 17.8. The van der Waals surface area contributed by atoms with E-state index in [1.165, 1.54) is 11.6 Å². The van der Waals surface area contributed by atoms with Crippen LogP contribution in [-0.2, 0) is 11.2 Å². The number of benzene rings is 2. The molecule has 0 radical (unpaired) electrons. The van der Waals surface area contributed by atoms with E-state index in [0.717, 1.165) is 53.0 Å². The Balaban J connectivity index is 1.26. The van der Waals surface area contributed by atoms with Crippen molar-refractivity contribution in [2.45, 2.75) is 44.4 Å². The molecule has 2 saturated carbocycles. The first-order valence-electron chi connectivity index (χ1n) is 10.4. The van der Waals surface area contributed by atoms with Crippen molar-refractivity contribution >= 4 is 32.6 Å². The van der Waals surface area contributed by atoms with Crippen molar-refractivity contribution in [1.82, 2.24) is 4.98 Å². The van der Waals surface area contributed by atoms with Gasteiger partial charge < -0.3 is 0 Å². The van der Waals surface area contributed by atoms with Crippen LogP contribution in [0.2, 0.25) is 0 Å². The van der Waals surface area contributed by atoms with Gasteiger partial charge in [0, 0.05) is 28.4 Å². The van der Waals surface area contributed by atoms with Crippen LogP contribution in [0.4, 0.5) is 4.39 Å². The van der Waals surface area contributed by atoms with Crippen LogP contribution >= 0.6 is 15.9 Å². The molecular formula is C25H23BrFNO. The molecule has 4 heteroatoms. The van der Waals surface area contributed by atoms with E-state index in [1.54, 1.807) is 12.1 Å². The third-order valence-electron chi connectivity index (χ3n) is 7.03. The number of hydrogen-bond acceptors (Lipinski definition) is 2. The number of rotatable bonds is 4. The highest BCUT2D eigenvalue weighted by Crippen LogP contribution is 2.63. The predicted molar refractivity (Wildman–Crippen MR) is 116 cm³/mol. The van der Waals surface area contributed by atoms with Gasteiger partial charge in [-0.05, 0) is 91.0 Å². The van der Waals surface area contributed by atoms with E-state index in [0.29, 0.717) is 18.1 Å². The monoisotopic (exact) mass is 451 g/mol. The maximum atomic E-state index is 13.8. The van der Waals surface area contributed by atoms with E-state index in [9.17, 15) is 9.18 Å². The lowest BCUT2D eigenvalue weighted by Gasteiger charge is -2.30. The summed E-state index contributed by atoms with van der Waals surface area (Å²) in [6, 6.07) is 15.0. The number of hydrogen-bond donors (Lipinski definition) is 0. The van der Waals surface area contributed by atoms with Gasteiger partial charge in [-0.15, -0.1) is 0 Å². The highest BCUT2D eigenvalue weighted by molar-refractivity contribution is 9.10. The number of nitrogens with zero attached hydrogens (tertiary/aromatic N) is 1. The Morgan fingerprint density at radius 2 is 1.86 bits per heavy atom. The van der Waals surface area contributed by atoms with E-state index in [1.807, 2.05) is 36.5 Å². The molecule has 1 heterocycles. The number of aromatic nitrogens is 1. The number of pyridine rings is 1. The standard InChI is InChI=1S/C25H23BrFNO/c26-18-3-1-16(2-4-18)13-24(29)22-15-25(22)10-7-17(8-11-25)20-9-12-28-23-6-5-19(27)14-21(20)23/h1-6,9,12,14,17,22H,7-8,10-11,13,15H2/t17?,22-,25?/m1/s1. The topological polar surface area (TPSA) is 30.0 Å². The van der Waals surface area contributed by atoms with Crippen molar-refractivity contribution in [3.05, 3.63) is 76.1 Å². The van der Waals surface area contributed by atoms with Crippen LogP contribution in [0.5, 0.6) is 0 Å². The van der Waals surface area contributed by atoms with E-state index in [-0.39, 0.29) is 17.2 Å². The molecule has 2 nitrogen and oxygen atoms in total. The van der Waals surface area contributed by atoms with Crippen molar-refractivity contribution in [3.8, 4) is 0 Å². The van der Waals surface area contributed by atoms with Crippen LogP contribution < -0.4 is 0 Å². The predicted octanol–water partition coefficient (Wildman–Crippen LogP) is 6.61. The van der Waals surface area contributed by atoms with Gasteiger partial charge in [0.05, 0.1) is 5.52 Å². The summed E-state index contributed by atoms with van der Waals surface area (Å²) in [5.41, 5.74) is 3.39. The van der Waals surface area contributed by atoms with E-state index in [4.69, 9.17) is 0 Å². The number of ketones is 1. The van der Waals surface area contributed by atoms with E-state index < -0.39 is 0 Å². The first-order valence-corrected chi connectivity index (χ1v) is 11.1. The van der Waals surface area contributed by atoms with Crippen molar-refractivity contribution in [2.75, 3.05) is 0 Å². The zero-order valence-electron chi connectivity index (χ0n) is 16.2. The summed E-state index contributed by atoms with van der Waals surface area (Å²) in [4.78, 5) is 17.2. The second-order valence-electron chi connectivity index (χ2n) is 8.72. The summed E-state index contributed by atoms with van der Waals surface area (Å²) in [6.45, 7) is 0. The molecule has 29 heavy (non-hydrogen) atoms. The second-order valence-corrected chi connectivity index (χ2v) is 9.64. The summed E-state index contributed by atoms with van der Waals surface area (Å²) >= 11 is 3.44. The summed E-state index contributed by atoms with van der Waals surface area (Å²) in [7, 11) is 0. The van der Waals surface area contributed by atoms with Gasteiger partial charge in [0.15, 0.2) is 0 Å². The van der Waals surface area contributed by atoms with Gasteiger partial charge in [-0.25, -0.2) is 4.39 Å². The number of carbonyl (C=O) groups excluding carboxylic acids is 1. The highest BCUT2D eigenvalue weighted by atomic mass is 79.9. The third kappa shape index (κ3) is 3.63. The molecular weight excluding hydrogens is 429 g/mol. The van der Waals surface area contributed by atoms with Gasteiger partial charge in [-0.3, -0.25) is 9.78 Å². The van der Waals surface area contributed by atoms with Crippen LogP contribution in [0.1, 0.15) is 49.1 Å². The summed E-state index contributed by atoms with van der Waals surface area (Å²) in [6.07, 6.45) is 7.73. The average molecular weight is 452 g/mol. The molecule has 2 aliphatic carbocycles. The lowest BCUT2D eigenvalue weighted by Crippen LogP contribution is -2.20. The number of halogens is 2. The average Bonchev–Trinajstić information content (AvgIpc) is 3.43. The molecule has 0 saturated heterocycles. The maximum Gasteiger partial charge on any atom is 0.140 e. The van der Waals surface area contributed by atoms with Crippen molar-refractivity contribution in [2.24, 2.45) is 11.3 Å². The third-order valence-corrected chi connectivity index (χ3v) is 7.56. The minimum atomic E-state index is -0.208. The Hall–Kier alpha value is -2.07. The summed E-state index contributed by atoms with van der Waals surface area (Å²) in [5, 5.41) is 0.937. The fraction of sp³-hybridized carbons (Fsp3) is 0.360. The minimum absolute atomic E-state index is 0.208. The van der Waals surface area contributed by atoms with Crippen molar-refractivity contribution in [3.63, 3.8) is 0 Å². The fourth-order valence-electron chi connectivity index (χ4n) is 5.28. The smallest absolute Gasteiger partial charge is 0.140 e. The Bertz CT molecular complexity index is 1070. The molecule has 148 valence electrons. The van der Waals surface area contributed by atoms with Gasteiger partial charge in [0.25, 0.3) is 0 Å². The number of carbonyl (C=O) groups is 1. The number of fused-ring (bicyclic) bond motifs is 1. The normalized spacial score (nSPS) is 26.0. The van der Waals surface area contributed by atoms with Crippen LogP contribution in [0.3, 0.4) is 0 Å². The van der Waals surface area contributed by atoms with E-state index >= 15 is 0 Å². The van der Waals surface area contributed by atoms with Crippen LogP contribution in [0, 0.1) is 17.2 Å². The second kappa shape index (κ2) is 7.32. The summed E-state index contributed by atoms with van der Waals surface area (Å²) in [5.74, 6) is 0.830. The Kier molecular flexibility index (Phi) is 4.78. The SMILES string of the molecule is O=C(Cc1ccc(Br)cc1)[C@H]1CC12CCC(c1ccnc3ccc(F)cc13)CC2. The molecule has 0 N–H and O–H groups in total. The fourth-order valence-corrected chi connectivity index (χ4v) is 5.55. The molecule has 2 aliphatic rings. The lowest BCUT2D eigenvalue weighted by atomic mass is 9.74. The van der Waals surface area contributed by atoms with Crippen LogP contribution in [0.25, 0.3) is 10.9 Å². The molecule has 0 unspecified atom stereocenters. The first kappa shape index (κ1) is 18.9. The van der Waals surface area contributed by atoms with E-state index in [2.05, 4.69) is 20.9 Å². The maximum absolute atomic E-state index is 13.8. The quantitative estimate of drug-likeness (QED) is 0.446. The van der Waals surface area contributed by atoms with Gasteiger partial charge in [-0.1, -0.05) is 28.1 Å². The summed E-state index contributed by atoms with van der Waals surface area (Å²) < 4.78 is 14.8. The number of Topliss-reactive ketones (excluding diaryl/α,β-unsaturated/α-hetero) is 1. The minimum Gasteiger partial charge on any atom is -0.299 e. The van der Waals surface area contributed by atoms with Crippen LogP contribution in [-0.4, -0.2) is 10.8 Å². The Morgan fingerprint density at radius 1 is 1.10 bits per heavy atom. The molecule has 0 amide bonds. The molecule has 5 rings (SSSR count). The molecule has 0 bridgehead atoms.